The highest BCUT2D eigenvalue weighted by Crippen LogP contribution is 2.36. The van der Waals surface area contributed by atoms with Gasteiger partial charge in [0.1, 0.15) is 5.82 Å². The van der Waals surface area contributed by atoms with Gasteiger partial charge in [0.05, 0.1) is 34.4 Å². The van der Waals surface area contributed by atoms with Gasteiger partial charge in [0.15, 0.2) is 17.2 Å². The topological polar surface area (TPSA) is 111 Å². The van der Waals surface area contributed by atoms with Crippen molar-refractivity contribution in [1.82, 2.24) is 23.9 Å². The average molecular weight is 430 g/mol. The SMILES string of the molecule is CCc1c(C(=O)O)nc2c(N)nc(-c3ccc(F)cc3)c(-c3ccc4ncn(C)c4c3)n12. The first kappa shape index (κ1) is 19.7. The quantitative estimate of drug-likeness (QED) is 0.447. The van der Waals surface area contributed by atoms with Gasteiger partial charge in [0, 0.05) is 18.2 Å². The smallest absolute Gasteiger partial charge is 0.356 e. The largest absolute Gasteiger partial charge is 0.476 e. The maximum atomic E-state index is 13.6. The highest BCUT2D eigenvalue weighted by molar-refractivity contribution is 5.92. The Balaban J connectivity index is 1.95. The summed E-state index contributed by atoms with van der Waals surface area (Å²) in [4.78, 5) is 25.1. The van der Waals surface area contributed by atoms with Crippen LogP contribution in [0.4, 0.5) is 10.2 Å². The molecule has 0 unspecified atom stereocenters. The Morgan fingerprint density at radius 2 is 1.84 bits per heavy atom. The second kappa shape index (κ2) is 7.16. The number of imidazole rings is 2. The number of carbonyl (C=O) groups is 1. The molecule has 0 atom stereocenters. The number of rotatable bonds is 4. The van der Waals surface area contributed by atoms with Gasteiger partial charge in [-0.2, -0.15) is 0 Å². The van der Waals surface area contributed by atoms with E-state index >= 15 is 0 Å². The summed E-state index contributed by atoms with van der Waals surface area (Å²) in [5.41, 5.74) is 11.2. The highest BCUT2D eigenvalue weighted by Gasteiger charge is 2.25. The molecule has 3 aromatic heterocycles. The molecule has 0 bridgehead atoms. The molecule has 0 saturated heterocycles. The third-order valence-electron chi connectivity index (χ3n) is 5.54. The van der Waals surface area contributed by atoms with Crippen molar-refractivity contribution in [2.24, 2.45) is 7.05 Å². The lowest BCUT2D eigenvalue weighted by atomic mass is 10.0. The Morgan fingerprint density at radius 3 is 2.53 bits per heavy atom. The Labute approximate surface area is 181 Å². The second-order valence-corrected chi connectivity index (χ2v) is 7.48. The van der Waals surface area contributed by atoms with Crippen LogP contribution in [0.25, 0.3) is 39.2 Å². The van der Waals surface area contributed by atoms with Gasteiger partial charge in [-0.05, 0) is 42.8 Å². The molecular weight excluding hydrogens is 411 g/mol. The molecule has 3 heterocycles. The van der Waals surface area contributed by atoms with E-state index in [1.54, 1.807) is 22.9 Å². The summed E-state index contributed by atoms with van der Waals surface area (Å²) in [5.74, 6) is -1.41. The van der Waals surface area contributed by atoms with Crippen LogP contribution in [0.15, 0.2) is 48.8 Å². The highest BCUT2D eigenvalue weighted by atomic mass is 19.1. The number of nitrogens with two attached hydrogens (primary N) is 1. The summed E-state index contributed by atoms with van der Waals surface area (Å²) >= 11 is 0. The van der Waals surface area contributed by atoms with Crippen molar-refractivity contribution in [1.29, 1.82) is 0 Å². The van der Waals surface area contributed by atoms with Gasteiger partial charge in [-0.1, -0.05) is 13.0 Å². The zero-order valence-electron chi connectivity index (χ0n) is 17.4. The number of nitrogens with zero attached hydrogens (tertiary/aromatic N) is 5. The fraction of sp³-hybridized carbons (Fsp3) is 0.130. The number of hydrogen-bond acceptors (Lipinski definition) is 5. The first-order valence-corrected chi connectivity index (χ1v) is 10.0. The molecule has 160 valence electrons. The second-order valence-electron chi connectivity index (χ2n) is 7.48. The number of anilines is 1. The number of hydrogen-bond donors (Lipinski definition) is 2. The molecule has 0 fully saturated rings. The van der Waals surface area contributed by atoms with E-state index in [9.17, 15) is 14.3 Å². The van der Waals surface area contributed by atoms with Gasteiger partial charge in [0.25, 0.3) is 0 Å². The van der Waals surface area contributed by atoms with E-state index in [4.69, 9.17) is 5.73 Å². The minimum atomic E-state index is -1.14. The molecule has 0 aliphatic carbocycles. The number of benzene rings is 2. The number of nitrogen functional groups attached to an aromatic ring is 1. The molecule has 9 heteroatoms. The van der Waals surface area contributed by atoms with E-state index < -0.39 is 5.97 Å². The summed E-state index contributed by atoms with van der Waals surface area (Å²) in [6, 6.07) is 11.7. The molecule has 0 radical (unpaired) electrons. The van der Waals surface area contributed by atoms with Crippen LogP contribution in [-0.4, -0.2) is 35.0 Å². The fourth-order valence-corrected chi connectivity index (χ4v) is 4.04. The summed E-state index contributed by atoms with van der Waals surface area (Å²) in [5, 5.41) is 9.73. The molecule has 0 aliphatic rings. The lowest BCUT2D eigenvalue weighted by molar-refractivity contribution is 0.0690. The Kier molecular flexibility index (Phi) is 4.40. The molecule has 2 aromatic carbocycles. The van der Waals surface area contributed by atoms with Crippen molar-refractivity contribution in [2.45, 2.75) is 13.3 Å². The normalized spacial score (nSPS) is 11.5. The number of carboxylic acids is 1. The molecule has 5 rings (SSSR count). The van der Waals surface area contributed by atoms with Gasteiger partial charge in [0.2, 0.25) is 0 Å². The maximum absolute atomic E-state index is 13.6. The van der Waals surface area contributed by atoms with E-state index in [0.717, 1.165) is 16.6 Å². The Morgan fingerprint density at radius 1 is 1.12 bits per heavy atom. The third kappa shape index (κ3) is 2.89. The van der Waals surface area contributed by atoms with Crippen LogP contribution in [0.5, 0.6) is 0 Å². The van der Waals surface area contributed by atoms with Crippen LogP contribution < -0.4 is 5.73 Å². The van der Waals surface area contributed by atoms with Crippen LogP contribution in [0.3, 0.4) is 0 Å². The summed E-state index contributed by atoms with van der Waals surface area (Å²) in [6.45, 7) is 1.86. The molecule has 3 N–H and O–H groups in total. The van der Waals surface area contributed by atoms with Crippen LogP contribution in [-0.2, 0) is 13.5 Å². The van der Waals surface area contributed by atoms with E-state index in [-0.39, 0.29) is 23.0 Å². The molecule has 0 amide bonds. The number of aryl methyl sites for hydroxylation is 2. The van der Waals surface area contributed by atoms with Crippen LogP contribution in [0, 0.1) is 5.82 Å². The minimum absolute atomic E-state index is 0.0693. The van der Waals surface area contributed by atoms with Crippen molar-refractivity contribution in [3.63, 3.8) is 0 Å². The molecule has 32 heavy (non-hydrogen) atoms. The predicted octanol–water partition coefficient (Wildman–Crippen LogP) is 3.93. The molecule has 8 nitrogen and oxygen atoms in total. The van der Waals surface area contributed by atoms with Crippen molar-refractivity contribution < 1.29 is 14.3 Å². The molecule has 5 aromatic rings. The minimum Gasteiger partial charge on any atom is -0.476 e. The monoisotopic (exact) mass is 430 g/mol. The molecule has 0 aliphatic heterocycles. The van der Waals surface area contributed by atoms with E-state index in [1.807, 2.05) is 36.7 Å². The van der Waals surface area contributed by atoms with Gasteiger partial charge < -0.3 is 15.4 Å². The standard InChI is InChI=1S/C23H19FN6O2/c1-3-16-19(23(31)32)28-22-21(25)27-18(12-4-7-14(24)8-5-12)20(30(16)22)13-6-9-15-17(10-13)29(2)11-26-15/h4-11H,3H2,1-2H3,(H2,25,27)(H,31,32). The van der Waals surface area contributed by atoms with Crippen molar-refractivity contribution in [3.05, 3.63) is 66.0 Å². The number of aromatic carboxylic acids is 1. The number of carboxylic acid groups (broad SMARTS) is 1. The van der Waals surface area contributed by atoms with E-state index in [0.29, 0.717) is 29.1 Å². The summed E-state index contributed by atoms with van der Waals surface area (Å²) < 4.78 is 17.3. The summed E-state index contributed by atoms with van der Waals surface area (Å²) in [6.07, 6.45) is 2.14. The van der Waals surface area contributed by atoms with Crippen molar-refractivity contribution in [2.75, 3.05) is 5.73 Å². The van der Waals surface area contributed by atoms with Crippen LogP contribution >= 0.6 is 0 Å². The molecule has 0 saturated carbocycles. The van der Waals surface area contributed by atoms with Gasteiger partial charge in [-0.15, -0.1) is 0 Å². The summed E-state index contributed by atoms with van der Waals surface area (Å²) in [7, 11) is 1.90. The number of halogens is 1. The number of aromatic nitrogens is 5. The lowest BCUT2D eigenvalue weighted by Crippen LogP contribution is -2.07. The zero-order chi connectivity index (χ0) is 22.6. The maximum Gasteiger partial charge on any atom is 0.356 e. The van der Waals surface area contributed by atoms with Gasteiger partial charge in [-0.25, -0.2) is 24.1 Å². The Bertz CT molecular complexity index is 1520. The first-order valence-electron chi connectivity index (χ1n) is 10.0. The van der Waals surface area contributed by atoms with Crippen molar-refractivity contribution >= 4 is 28.5 Å². The van der Waals surface area contributed by atoms with Crippen molar-refractivity contribution in [3.8, 4) is 22.5 Å². The molecular formula is C23H19FN6O2. The van der Waals surface area contributed by atoms with Crippen LogP contribution in [0.1, 0.15) is 23.1 Å². The first-order chi connectivity index (χ1) is 15.4. The van der Waals surface area contributed by atoms with Gasteiger partial charge in [-0.3, -0.25) is 4.40 Å². The van der Waals surface area contributed by atoms with E-state index in [1.165, 1.54) is 12.1 Å². The predicted molar refractivity (Wildman–Crippen MR) is 119 cm³/mol. The Hall–Kier alpha value is -4.27. The molecule has 0 spiro atoms. The van der Waals surface area contributed by atoms with E-state index in [2.05, 4.69) is 15.0 Å². The zero-order valence-corrected chi connectivity index (χ0v) is 17.4. The van der Waals surface area contributed by atoms with Gasteiger partial charge >= 0.3 is 5.97 Å². The fourth-order valence-electron chi connectivity index (χ4n) is 4.04. The number of fused-ring (bicyclic) bond motifs is 2. The average Bonchev–Trinajstić information content (AvgIpc) is 3.35. The third-order valence-corrected chi connectivity index (χ3v) is 5.54. The lowest BCUT2D eigenvalue weighted by Gasteiger charge is -2.16. The van der Waals surface area contributed by atoms with Crippen LogP contribution in [0.2, 0.25) is 0 Å².